The third-order valence-electron chi connectivity index (χ3n) is 5.55. The molecule has 0 aromatic heterocycles. The van der Waals surface area contributed by atoms with E-state index in [9.17, 15) is 4.79 Å². The summed E-state index contributed by atoms with van der Waals surface area (Å²) >= 11 is 7.92. The lowest BCUT2D eigenvalue weighted by Crippen LogP contribution is -2.43. The Hall–Kier alpha value is -2.01. The number of thioether (sulfide) groups is 1. The van der Waals surface area contributed by atoms with Crippen molar-refractivity contribution < 1.29 is 4.79 Å². The minimum absolute atomic E-state index is 0.158. The van der Waals surface area contributed by atoms with Crippen LogP contribution in [0.4, 0.5) is 5.69 Å². The first-order valence-corrected chi connectivity index (χ1v) is 11.3. The van der Waals surface area contributed by atoms with Crippen LogP contribution in [0.25, 0.3) is 10.8 Å². The molecule has 0 saturated carbocycles. The van der Waals surface area contributed by atoms with Crippen LogP contribution in [0.15, 0.2) is 65.6 Å². The highest BCUT2D eigenvalue weighted by atomic mass is 35.5. The fourth-order valence-corrected chi connectivity index (χ4v) is 5.29. The molecule has 3 nitrogen and oxygen atoms in total. The van der Waals surface area contributed by atoms with Crippen LogP contribution in [0, 0.1) is 0 Å². The minimum atomic E-state index is 0.158. The highest BCUT2D eigenvalue weighted by Crippen LogP contribution is 2.48. The van der Waals surface area contributed by atoms with Gasteiger partial charge in [-0.2, -0.15) is 0 Å². The normalized spacial score (nSPS) is 16.3. The zero-order chi connectivity index (χ0) is 20.4. The van der Waals surface area contributed by atoms with E-state index < -0.39 is 0 Å². The Morgan fingerprint density at radius 1 is 1.07 bits per heavy atom. The molecule has 150 valence electrons. The third-order valence-corrected chi connectivity index (χ3v) is 7.09. The largest absolute Gasteiger partial charge is 0.308 e. The second-order valence-corrected chi connectivity index (χ2v) is 8.94. The Labute approximate surface area is 181 Å². The van der Waals surface area contributed by atoms with Gasteiger partial charge in [-0.25, -0.2) is 0 Å². The molecule has 3 aromatic rings. The molecule has 1 heterocycles. The molecule has 1 amide bonds. The van der Waals surface area contributed by atoms with Crippen LogP contribution >= 0.6 is 23.4 Å². The lowest BCUT2D eigenvalue weighted by Gasteiger charge is -2.36. The Morgan fingerprint density at radius 3 is 2.52 bits per heavy atom. The molecule has 0 fully saturated rings. The Bertz CT molecular complexity index is 1020. The Balaban J connectivity index is 1.77. The number of rotatable bonds is 5. The molecule has 4 rings (SSSR count). The number of carbonyl (C=O) groups is 1. The number of nitrogens with zero attached hydrogens (tertiary/aromatic N) is 2. The maximum absolute atomic E-state index is 13.4. The zero-order valence-corrected chi connectivity index (χ0v) is 18.3. The Kier molecular flexibility index (Phi) is 6.14. The molecule has 0 saturated heterocycles. The van der Waals surface area contributed by atoms with Crippen molar-refractivity contribution in [3.05, 3.63) is 71.2 Å². The summed E-state index contributed by atoms with van der Waals surface area (Å²) in [6, 6.07) is 20.6. The highest BCUT2D eigenvalue weighted by molar-refractivity contribution is 7.99. The third kappa shape index (κ3) is 4.16. The van der Waals surface area contributed by atoms with Gasteiger partial charge in [0.25, 0.3) is 0 Å². The number of benzene rings is 3. The van der Waals surface area contributed by atoms with Gasteiger partial charge in [0.05, 0.1) is 17.5 Å². The quantitative estimate of drug-likeness (QED) is 0.500. The topological polar surface area (TPSA) is 23.6 Å². The van der Waals surface area contributed by atoms with Crippen molar-refractivity contribution in [2.75, 3.05) is 31.1 Å². The average Bonchev–Trinajstić information content (AvgIpc) is 2.76. The predicted molar refractivity (Wildman–Crippen MR) is 124 cm³/mol. The van der Waals surface area contributed by atoms with Gasteiger partial charge < -0.3 is 4.90 Å². The van der Waals surface area contributed by atoms with Gasteiger partial charge in [0.2, 0.25) is 5.91 Å². The van der Waals surface area contributed by atoms with E-state index in [1.165, 1.54) is 5.56 Å². The van der Waals surface area contributed by atoms with Crippen molar-refractivity contribution in [1.29, 1.82) is 0 Å². The van der Waals surface area contributed by atoms with Crippen LogP contribution in [0.1, 0.15) is 24.7 Å². The smallest absolute Gasteiger partial charge is 0.241 e. The summed E-state index contributed by atoms with van der Waals surface area (Å²) in [4.78, 5) is 18.8. The van der Waals surface area contributed by atoms with Gasteiger partial charge in [-0.3, -0.25) is 9.69 Å². The summed E-state index contributed by atoms with van der Waals surface area (Å²) in [5.74, 6) is 0.158. The first-order chi connectivity index (χ1) is 14.1. The molecular formula is C24H25ClN2OS. The molecule has 0 bridgehead atoms. The van der Waals surface area contributed by atoms with E-state index in [2.05, 4.69) is 55.1 Å². The predicted octanol–water partition coefficient (Wildman–Crippen LogP) is 6.02. The van der Waals surface area contributed by atoms with Gasteiger partial charge >= 0.3 is 0 Å². The van der Waals surface area contributed by atoms with E-state index in [-0.39, 0.29) is 11.2 Å². The first kappa shape index (κ1) is 20.3. The van der Waals surface area contributed by atoms with E-state index in [4.69, 9.17) is 11.6 Å². The molecule has 5 heteroatoms. The van der Waals surface area contributed by atoms with Gasteiger partial charge in [-0.05, 0) is 42.2 Å². The number of halogens is 1. The van der Waals surface area contributed by atoms with Crippen molar-refractivity contribution in [2.24, 2.45) is 0 Å². The summed E-state index contributed by atoms with van der Waals surface area (Å²) in [5.41, 5.74) is 2.24. The van der Waals surface area contributed by atoms with E-state index in [1.807, 2.05) is 40.9 Å². The standard InChI is InChI=1S/C24H25ClN2OS/c1-3-26(4-2)16-23(28)27-15-22(18-9-12-19(25)13-10-18)29-21-14-11-17-7-5-6-8-20(17)24(21)27/h5-14,22H,3-4,15-16H2,1-2H3/t22-/m1/s1. The van der Waals surface area contributed by atoms with E-state index in [0.717, 1.165) is 39.5 Å². The molecule has 29 heavy (non-hydrogen) atoms. The van der Waals surface area contributed by atoms with E-state index in [0.29, 0.717) is 13.1 Å². The molecule has 0 aliphatic carbocycles. The highest BCUT2D eigenvalue weighted by Gasteiger charge is 2.31. The number of anilines is 1. The van der Waals surface area contributed by atoms with Crippen LogP contribution in [-0.4, -0.2) is 37.0 Å². The van der Waals surface area contributed by atoms with Crippen LogP contribution in [0.3, 0.4) is 0 Å². The molecule has 3 aromatic carbocycles. The lowest BCUT2D eigenvalue weighted by atomic mass is 10.1. The molecule has 1 aliphatic rings. The maximum Gasteiger partial charge on any atom is 0.241 e. The van der Waals surface area contributed by atoms with E-state index >= 15 is 0 Å². The van der Waals surface area contributed by atoms with Gasteiger partial charge in [0.15, 0.2) is 0 Å². The first-order valence-electron chi connectivity index (χ1n) is 10.1. The van der Waals surface area contributed by atoms with Gasteiger partial charge in [-0.15, -0.1) is 11.8 Å². The van der Waals surface area contributed by atoms with Gasteiger partial charge in [-0.1, -0.05) is 67.9 Å². The van der Waals surface area contributed by atoms with E-state index in [1.54, 1.807) is 0 Å². The number of amides is 1. The number of carbonyl (C=O) groups excluding carboxylic acids is 1. The van der Waals surface area contributed by atoms with Crippen molar-refractivity contribution in [3.8, 4) is 0 Å². The van der Waals surface area contributed by atoms with Crippen molar-refractivity contribution in [3.63, 3.8) is 0 Å². The van der Waals surface area contributed by atoms with Crippen molar-refractivity contribution in [2.45, 2.75) is 24.0 Å². The summed E-state index contributed by atoms with van der Waals surface area (Å²) in [5, 5.41) is 3.22. The average molecular weight is 425 g/mol. The molecule has 0 radical (unpaired) electrons. The zero-order valence-electron chi connectivity index (χ0n) is 16.8. The summed E-state index contributed by atoms with van der Waals surface area (Å²) < 4.78 is 0. The number of hydrogen-bond acceptors (Lipinski definition) is 3. The number of hydrogen-bond donors (Lipinski definition) is 0. The van der Waals surface area contributed by atoms with Crippen molar-refractivity contribution in [1.82, 2.24) is 4.90 Å². The summed E-state index contributed by atoms with van der Waals surface area (Å²) in [7, 11) is 0. The van der Waals surface area contributed by atoms with Crippen LogP contribution in [0.2, 0.25) is 5.02 Å². The summed E-state index contributed by atoms with van der Waals surface area (Å²) in [6.07, 6.45) is 0. The molecule has 1 aliphatic heterocycles. The molecule has 1 atom stereocenters. The number of fused-ring (bicyclic) bond motifs is 3. The van der Waals surface area contributed by atoms with Crippen LogP contribution in [0.5, 0.6) is 0 Å². The second kappa shape index (κ2) is 8.78. The number of likely N-dealkylation sites (N-methyl/N-ethyl adjacent to an activating group) is 1. The SMILES string of the molecule is CCN(CC)CC(=O)N1C[C@H](c2ccc(Cl)cc2)Sc2ccc3ccccc3c21. The lowest BCUT2D eigenvalue weighted by molar-refractivity contribution is -0.119. The van der Waals surface area contributed by atoms with Gasteiger partial charge in [0, 0.05) is 21.8 Å². The molecule has 0 N–H and O–H groups in total. The van der Waals surface area contributed by atoms with Crippen LogP contribution in [-0.2, 0) is 4.79 Å². The van der Waals surface area contributed by atoms with Crippen LogP contribution < -0.4 is 4.90 Å². The van der Waals surface area contributed by atoms with Crippen molar-refractivity contribution >= 4 is 45.7 Å². The minimum Gasteiger partial charge on any atom is -0.308 e. The van der Waals surface area contributed by atoms with Gasteiger partial charge in [0.1, 0.15) is 0 Å². The second-order valence-electron chi connectivity index (χ2n) is 7.26. The maximum atomic E-state index is 13.4. The fourth-order valence-electron chi connectivity index (χ4n) is 3.86. The molecule has 0 unspecified atom stereocenters. The monoisotopic (exact) mass is 424 g/mol. The molecule has 0 spiro atoms. The molecular weight excluding hydrogens is 400 g/mol. The summed E-state index contributed by atoms with van der Waals surface area (Å²) in [6.45, 7) is 7.04. The fraction of sp³-hybridized carbons (Fsp3) is 0.292. The Morgan fingerprint density at radius 2 is 1.79 bits per heavy atom.